The standard InChI is InChI=1S/C14H26N6O3S/c1-4-12-15-13(17-16-12)9-19-6-5-14(10-19)11-20(7-8-23-14)24(21,22)18(2)3/h4-11H2,1-3H3,(H,15,16,17). The molecule has 1 aromatic rings. The summed E-state index contributed by atoms with van der Waals surface area (Å²) in [7, 11) is -0.274. The first kappa shape index (κ1) is 17.7. The van der Waals surface area contributed by atoms with Crippen molar-refractivity contribution >= 4 is 10.2 Å². The number of ether oxygens (including phenoxy) is 1. The average molecular weight is 358 g/mol. The van der Waals surface area contributed by atoms with Crippen molar-refractivity contribution in [1.29, 1.82) is 0 Å². The number of rotatable bonds is 5. The molecular weight excluding hydrogens is 332 g/mol. The van der Waals surface area contributed by atoms with Gasteiger partial charge in [-0.15, -0.1) is 0 Å². The van der Waals surface area contributed by atoms with Gasteiger partial charge in [0, 0.05) is 46.7 Å². The highest BCUT2D eigenvalue weighted by Crippen LogP contribution is 2.31. The Labute approximate surface area is 143 Å². The summed E-state index contributed by atoms with van der Waals surface area (Å²) in [5.41, 5.74) is -0.422. The first-order valence-corrected chi connectivity index (χ1v) is 9.68. The zero-order valence-electron chi connectivity index (χ0n) is 14.5. The third kappa shape index (κ3) is 3.47. The normalized spacial score (nSPS) is 26.7. The van der Waals surface area contributed by atoms with Gasteiger partial charge in [-0.1, -0.05) is 6.92 Å². The van der Waals surface area contributed by atoms with Crippen molar-refractivity contribution in [3.05, 3.63) is 11.6 Å². The highest BCUT2D eigenvalue weighted by atomic mass is 32.2. The lowest BCUT2D eigenvalue weighted by Gasteiger charge is -2.40. The first-order valence-electron chi connectivity index (χ1n) is 8.29. The van der Waals surface area contributed by atoms with Gasteiger partial charge in [-0.2, -0.15) is 22.1 Å². The minimum atomic E-state index is -3.40. The van der Waals surface area contributed by atoms with Crippen molar-refractivity contribution in [2.75, 3.05) is 46.9 Å². The van der Waals surface area contributed by atoms with Crippen LogP contribution in [0.25, 0.3) is 0 Å². The summed E-state index contributed by atoms with van der Waals surface area (Å²) >= 11 is 0. The van der Waals surface area contributed by atoms with Crippen molar-refractivity contribution < 1.29 is 13.2 Å². The molecule has 10 heteroatoms. The largest absolute Gasteiger partial charge is 0.371 e. The molecule has 9 nitrogen and oxygen atoms in total. The number of H-pyrrole nitrogens is 1. The van der Waals surface area contributed by atoms with Crippen LogP contribution >= 0.6 is 0 Å². The molecule has 136 valence electrons. The maximum Gasteiger partial charge on any atom is 0.281 e. The van der Waals surface area contributed by atoms with Gasteiger partial charge in [0.2, 0.25) is 0 Å². The summed E-state index contributed by atoms with van der Waals surface area (Å²) in [6.07, 6.45) is 1.63. The summed E-state index contributed by atoms with van der Waals surface area (Å²) in [5.74, 6) is 1.66. The molecular formula is C14H26N6O3S. The molecule has 0 amide bonds. The molecule has 24 heavy (non-hydrogen) atoms. The lowest BCUT2D eigenvalue weighted by molar-refractivity contribution is -0.0821. The Morgan fingerprint density at radius 2 is 2.12 bits per heavy atom. The van der Waals surface area contributed by atoms with Gasteiger partial charge in [0.05, 0.1) is 18.8 Å². The number of hydrogen-bond acceptors (Lipinski definition) is 6. The Balaban J connectivity index is 1.65. The van der Waals surface area contributed by atoms with Gasteiger partial charge < -0.3 is 4.74 Å². The van der Waals surface area contributed by atoms with Crippen LogP contribution in [0.1, 0.15) is 25.0 Å². The van der Waals surface area contributed by atoms with Crippen LogP contribution in [0, 0.1) is 0 Å². The monoisotopic (exact) mass is 358 g/mol. The summed E-state index contributed by atoms with van der Waals surface area (Å²) in [6.45, 7) is 5.51. The van der Waals surface area contributed by atoms with Gasteiger partial charge >= 0.3 is 0 Å². The Bertz CT molecular complexity index is 676. The fraction of sp³-hybridized carbons (Fsp3) is 0.857. The van der Waals surface area contributed by atoms with Gasteiger partial charge in [0.1, 0.15) is 11.6 Å². The lowest BCUT2D eigenvalue weighted by Crippen LogP contribution is -2.56. The van der Waals surface area contributed by atoms with Crippen molar-refractivity contribution in [3.8, 4) is 0 Å². The molecule has 1 N–H and O–H groups in total. The number of nitrogens with zero attached hydrogens (tertiary/aromatic N) is 5. The van der Waals surface area contributed by atoms with Crippen molar-refractivity contribution in [2.45, 2.75) is 31.9 Å². The summed E-state index contributed by atoms with van der Waals surface area (Å²) in [5, 5.41) is 7.12. The van der Waals surface area contributed by atoms with Crippen LogP contribution in [0.3, 0.4) is 0 Å². The van der Waals surface area contributed by atoms with Gasteiger partial charge in [-0.25, -0.2) is 4.98 Å². The van der Waals surface area contributed by atoms with Crippen LogP contribution in [0.2, 0.25) is 0 Å². The summed E-state index contributed by atoms with van der Waals surface area (Å²) in [6, 6.07) is 0. The van der Waals surface area contributed by atoms with Gasteiger partial charge in [0.15, 0.2) is 0 Å². The molecule has 3 rings (SSSR count). The van der Waals surface area contributed by atoms with Crippen molar-refractivity contribution in [2.24, 2.45) is 0 Å². The molecule has 3 heterocycles. The molecule has 0 radical (unpaired) electrons. The van der Waals surface area contributed by atoms with Crippen LogP contribution in [-0.4, -0.2) is 89.6 Å². The number of morpholine rings is 1. The highest BCUT2D eigenvalue weighted by molar-refractivity contribution is 7.86. The molecule has 1 unspecified atom stereocenters. The summed E-state index contributed by atoms with van der Waals surface area (Å²) in [4.78, 5) is 6.68. The predicted octanol–water partition coefficient (Wildman–Crippen LogP) is -0.550. The van der Waals surface area contributed by atoms with E-state index in [0.717, 1.165) is 31.0 Å². The van der Waals surface area contributed by atoms with E-state index in [4.69, 9.17) is 4.74 Å². The topological polar surface area (TPSA) is 94.7 Å². The zero-order valence-corrected chi connectivity index (χ0v) is 15.3. The molecule has 0 saturated carbocycles. The van der Waals surface area contributed by atoms with Gasteiger partial charge in [0.25, 0.3) is 10.2 Å². The fourth-order valence-electron chi connectivity index (χ4n) is 3.32. The summed E-state index contributed by atoms with van der Waals surface area (Å²) < 4.78 is 33.6. The lowest BCUT2D eigenvalue weighted by atomic mass is 10.0. The molecule has 1 aromatic heterocycles. The fourth-order valence-corrected chi connectivity index (χ4v) is 4.49. The van der Waals surface area contributed by atoms with Crippen LogP contribution in [0.15, 0.2) is 0 Å². The second-order valence-corrected chi connectivity index (χ2v) is 8.81. The Morgan fingerprint density at radius 3 is 2.79 bits per heavy atom. The number of hydrogen-bond donors (Lipinski definition) is 1. The second-order valence-electron chi connectivity index (χ2n) is 6.67. The van der Waals surface area contributed by atoms with E-state index >= 15 is 0 Å². The molecule has 2 aliphatic rings. The molecule has 0 aromatic carbocycles. The SMILES string of the molecule is CCc1n[nH]c(CN2CCC3(C2)CN(S(=O)(=O)N(C)C)CCO3)n1. The Morgan fingerprint density at radius 1 is 1.33 bits per heavy atom. The van der Waals surface area contributed by atoms with E-state index in [2.05, 4.69) is 20.1 Å². The first-order chi connectivity index (χ1) is 11.3. The number of nitrogens with one attached hydrogen (secondary N) is 1. The molecule has 2 aliphatic heterocycles. The number of aryl methyl sites for hydroxylation is 1. The zero-order chi connectivity index (χ0) is 17.4. The molecule has 2 fully saturated rings. The molecule has 1 atom stereocenters. The predicted molar refractivity (Wildman–Crippen MR) is 88.5 cm³/mol. The smallest absolute Gasteiger partial charge is 0.281 e. The van der Waals surface area contributed by atoms with E-state index in [9.17, 15) is 8.42 Å². The molecule has 1 spiro atoms. The molecule has 0 aliphatic carbocycles. The van der Waals surface area contributed by atoms with E-state index in [1.165, 1.54) is 8.61 Å². The maximum absolute atomic E-state index is 12.4. The van der Waals surface area contributed by atoms with E-state index in [-0.39, 0.29) is 0 Å². The minimum absolute atomic E-state index is 0.403. The van der Waals surface area contributed by atoms with E-state index < -0.39 is 15.8 Å². The quantitative estimate of drug-likeness (QED) is 0.759. The van der Waals surface area contributed by atoms with Gasteiger partial charge in [-0.3, -0.25) is 10.00 Å². The van der Waals surface area contributed by atoms with E-state index in [1.807, 2.05) is 6.92 Å². The van der Waals surface area contributed by atoms with E-state index in [0.29, 0.717) is 32.8 Å². The number of likely N-dealkylation sites (tertiary alicyclic amines) is 1. The van der Waals surface area contributed by atoms with Crippen molar-refractivity contribution in [1.82, 2.24) is 28.7 Å². The van der Waals surface area contributed by atoms with Crippen LogP contribution in [0.4, 0.5) is 0 Å². The highest BCUT2D eigenvalue weighted by Gasteiger charge is 2.45. The third-order valence-electron chi connectivity index (χ3n) is 4.66. The number of aromatic amines is 1. The minimum Gasteiger partial charge on any atom is -0.371 e. The molecule has 0 bridgehead atoms. The van der Waals surface area contributed by atoms with Crippen molar-refractivity contribution in [3.63, 3.8) is 0 Å². The van der Waals surface area contributed by atoms with Crippen LogP contribution < -0.4 is 0 Å². The second kappa shape index (κ2) is 6.68. The maximum atomic E-state index is 12.4. The molecule has 2 saturated heterocycles. The van der Waals surface area contributed by atoms with E-state index in [1.54, 1.807) is 14.1 Å². The Kier molecular flexibility index (Phi) is 4.94. The van der Waals surface area contributed by atoms with Crippen LogP contribution in [0.5, 0.6) is 0 Å². The third-order valence-corrected chi connectivity index (χ3v) is 6.55. The Hall–Kier alpha value is -1.07. The van der Waals surface area contributed by atoms with Crippen LogP contribution in [-0.2, 0) is 27.9 Å². The average Bonchev–Trinajstić information content (AvgIpc) is 3.15. The van der Waals surface area contributed by atoms with Gasteiger partial charge in [-0.05, 0) is 6.42 Å². The number of aromatic nitrogens is 3.